The van der Waals surface area contributed by atoms with Crippen molar-refractivity contribution in [2.75, 3.05) is 5.75 Å². The first-order valence-electron chi connectivity index (χ1n) is 6.70. The third-order valence-corrected chi connectivity index (χ3v) is 3.69. The van der Waals surface area contributed by atoms with E-state index in [1.807, 2.05) is 48.7 Å². The summed E-state index contributed by atoms with van der Waals surface area (Å²) in [5.41, 5.74) is 17.8. The predicted molar refractivity (Wildman–Crippen MR) is 92.2 cm³/mol. The quantitative estimate of drug-likeness (QED) is 0.441. The van der Waals surface area contributed by atoms with Gasteiger partial charge < -0.3 is 17.2 Å². The Balaban J connectivity index is 1.88. The van der Waals surface area contributed by atoms with Crippen LogP contribution in [0.25, 0.3) is 0 Å². The summed E-state index contributed by atoms with van der Waals surface area (Å²) in [5, 5.41) is 0. The number of aromatic nitrogens is 1. The van der Waals surface area contributed by atoms with E-state index in [0.29, 0.717) is 5.69 Å². The van der Waals surface area contributed by atoms with Crippen molar-refractivity contribution in [3.8, 4) is 0 Å². The van der Waals surface area contributed by atoms with Gasteiger partial charge in [0, 0.05) is 22.5 Å². The lowest BCUT2D eigenvalue weighted by molar-refractivity contribution is 1.05. The van der Waals surface area contributed by atoms with E-state index in [1.54, 1.807) is 11.8 Å². The van der Waals surface area contributed by atoms with Crippen molar-refractivity contribution < 1.29 is 0 Å². The third-order valence-electron chi connectivity index (χ3n) is 2.68. The SMILES string of the molecule is NC(N)=NC(N)=Nc1ccc(SCCc2ccccn2)cc1. The number of thioether (sulfide) groups is 1. The number of rotatable bonds is 5. The maximum Gasteiger partial charge on any atom is 0.223 e. The zero-order chi connectivity index (χ0) is 15.8. The van der Waals surface area contributed by atoms with Crippen LogP contribution in [0.15, 0.2) is 63.5 Å². The smallest absolute Gasteiger partial charge is 0.223 e. The molecule has 6 nitrogen and oxygen atoms in total. The van der Waals surface area contributed by atoms with Crippen LogP contribution < -0.4 is 17.2 Å². The maximum absolute atomic E-state index is 5.58. The lowest BCUT2D eigenvalue weighted by Gasteiger charge is -2.02. The van der Waals surface area contributed by atoms with Gasteiger partial charge in [-0.05, 0) is 42.8 Å². The average Bonchev–Trinajstić information content (AvgIpc) is 2.49. The molecule has 0 bridgehead atoms. The maximum atomic E-state index is 5.58. The Morgan fingerprint density at radius 2 is 1.82 bits per heavy atom. The monoisotopic (exact) mass is 314 g/mol. The van der Waals surface area contributed by atoms with Gasteiger partial charge in [0.25, 0.3) is 0 Å². The second-order valence-corrected chi connectivity index (χ2v) is 5.59. The molecule has 114 valence electrons. The van der Waals surface area contributed by atoms with E-state index in [4.69, 9.17) is 17.2 Å². The number of hydrogen-bond acceptors (Lipinski definition) is 3. The van der Waals surface area contributed by atoms with Crippen molar-refractivity contribution in [2.24, 2.45) is 27.2 Å². The fraction of sp³-hybridized carbons (Fsp3) is 0.133. The van der Waals surface area contributed by atoms with Crippen LogP contribution in [-0.4, -0.2) is 22.7 Å². The Hall–Kier alpha value is -2.54. The second kappa shape index (κ2) is 8.04. The summed E-state index contributed by atoms with van der Waals surface area (Å²) in [4.78, 5) is 13.2. The summed E-state index contributed by atoms with van der Waals surface area (Å²) in [6.45, 7) is 0. The van der Waals surface area contributed by atoms with Crippen LogP contribution in [0.5, 0.6) is 0 Å². The van der Waals surface area contributed by atoms with Crippen LogP contribution in [0.4, 0.5) is 5.69 Å². The first kappa shape index (κ1) is 15.8. The van der Waals surface area contributed by atoms with Crippen LogP contribution in [-0.2, 0) is 6.42 Å². The van der Waals surface area contributed by atoms with E-state index in [0.717, 1.165) is 22.8 Å². The van der Waals surface area contributed by atoms with Gasteiger partial charge in [0.2, 0.25) is 5.96 Å². The Labute approximate surface area is 133 Å². The molecular formula is C15H18N6S. The number of hydrogen-bond donors (Lipinski definition) is 3. The van der Waals surface area contributed by atoms with E-state index in [-0.39, 0.29) is 11.9 Å². The van der Waals surface area contributed by atoms with E-state index < -0.39 is 0 Å². The topological polar surface area (TPSA) is 116 Å². The van der Waals surface area contributed by atoms with Gasteiger partial charge in [-0.3, -0.25) is 4.98 Å². The van der Waals surface area contributed by atoms with Crippen molar-refractivity contribution in [3.63, 3.8) is 0 Å². The van der Waals surface area contributed by atoms with E-state index in [9.17, 15) is 0 Å². The molecule has 2 rings (SSSR count). The van der Waals surface area contributed by atoms with Gasteiger partial charge in [0.1, 0.15) is 0 Å². The normalized spacial score (nSPS) is 11.2. The molecule has 2 aromatic rings. The van der Waals surface area contributed by atoms with Crippen molar-refractivity contribution >= 4 is 29.4 Å². The second-order valence-electron chi connectivity index (χ2n) is 4.42. The highest BCUT2D eigenvalue weighted by atomic mass is 32.2. The van der Waals surface area contributed by atoms with Crippen molar-refractivity contribution in [2.45, 2.75) is 11.3 Å². The minimum atomic E-state index is -0.108. The minimum Gasteiger partial charge on any atom is -0.370 e. The Bertz CT molecular complexity index is 647. The van der Waals surface area contributed by atoms with Gasteiger partial charge in [-0.15, -0.1) is 11.8 Å². The van der Waals surface area contributed by atoms with Gasteiger partial charge in [0.15, 0.2) is 5.96 Å². The minimum absolute atomic E-state index is 0.0376. The standard InChI is InChI=1S/C15H18N6S/c16-14(17)21-15(18)20-12-4-6-13(7-5-12)22-10-8-11-3-1-2-9-19-11/h1-7,9H,8,10H2,(H6,16,17,18,20,21). The zero-order valence-corrected chi connectivity index (χ0v) is 12.8. The summed E-state index contributed by atoms with van der Waals surface area (Å²) in [5.74, 6) is 0.897. The molecule has 0 radical (unpaired) electrons. The van der Waals surface area contributed by atoms with Crippen LogP contribution in [0.1, 0.15) is 5.69 Å². The van der Waals surface area contributed by atoms with Crippen molar-refractivity contribution in [3.05, 3.63) is 54.4 Å². The molecule has 0 saturated heterocycles. The van der Waals surface area contributed by atoms with Crippen LogP contribution >= 0.6 is 11.8 Å². The molecule has 1 heterocycles. The predicted octanol–water partition coefficient (Wildman–Crippen LogP) is 1.64. The molecule has 6 N–H and O–H groups in total. The molecule has 0 fully saturated rings. The van der Waals surface area contributed by atoms with Gasteiger partial charge in [-0.2, -0.15) is 4.99 Å². The molecule has 0 aliphatic carbocycles. The van der Waals surface area contributed by atoms with Gasteiger partial charge >= 0.3 is 0 Å². The summed E-state index contributed by atoms with van der Waals surface area (Å²) < 4.78 is 0. The first-order valence-corrected chi connectivity index (χ1v) is 7.68. The molecule has 0 amide bonds. The molecule has 0 atom stereocenters. The van der Waals surface area contributed by atoms with E-state index in [1.165, 1.54) is 0 Å². The van der Waals surface area contributed by atoms with Crippen LogP contribution in [0.2, 0.25) is 0 Å². The van der Waals surface area contributed by atoms with E-state index in [2.05, 4.69) is 15.0 Å². The van der Waals surface area contributed by atoms with E-state index >= 15 is 0 Å². The van der Waals surface area contributed by atoms with Crippen molar-refractivity contribution in [1.82, 2.24) is 4.98 Å². The highest BCUT2D eigenvalue weighted by Crippen LogP contribution is 2.22. The molecule has 0 unspecified atom stereocenters. The largest absolute Gasteiger partial charge is 0.370 e. The van der Waals surface area contributed by atoms with Gasteiger partial charge in [-0.1, -0.05) is 6.07 Å². The number of aryl methyl sites for hydroxylation is 1. The van der Waals surface area contributed by atoms with Gasteiger partial charge in [0.05, 0.1) is 5.69 Å². The number of aliphatic imine (C=N–C) groups is 2. The Morgan fingerprint density at radius 3 is 2.45 bits per heavy atom. The first-order chi connectivity index (χ1) is 10.6. The fourth-order valence-electron chi connectivity index (χ4n) is 1.73. The number of benzene rings is 1. The number of pyridine rings is 1. The number of guanidine groups is 2. The lowest BCUT2D eigenvalue weighted by Crippen LogP contribution is -2.26. The molecule has 0 aliphatic heterocycles. The van der Waals surface area contributed by atoms with Crippen LogP contribution in [0, 0.1) is 0 Å². The summed E-state index contributed by atoms with van der Waals surface area (Å²) in [6, 6.07) is 13.7. The molecule has 1 aromatic carbocycles. The number of nitrogens with zero attached hydrogens (tertiary/aromatic N) is 3. The summed E-state index contributed by atoms with van der Waals surface area (Å²) in [6.07, 6.45) is 2.75. The summed E-state index contributed by atoms with van der Waals surface area (Å²) in [7, 11) is 0. The highest BCUT2D eigenvalue weighted by Gasteiger charge is 1.98. The molecule has 0 aliphatic rings. The fourth-order valence-corrected chi connectivity index (χ4v) is 2.60. The average molecular weight is 314 g/mol. The van der Waals surface area contributed by atoms with Gasteiger partial charge in [-0.25, -0.2) is 4.99 Å². The molecule has 1 aromatic heterocycles. The van der Waals surface area contributed by atoms with Crippen LogP contribution in [0.3, 0.4) is 0 Å². The van der Waals surface area contributed by atoms with Crippen molar-refractivity contribution in [1.29, 1.82) is 0 Å². The molecule has 0 saturated carbocycles. The highest BCUT2D eigenvalue weighted by molar-refractivity contribution is 7.99. The molecular weight excluding hydrogens is 296 g/mol. The molecule has 7 heteroatoms. The third kappa shape index (κ3) is 5.45. The molecule has 22 heavy (non-hydrogen) atoms. The Morgan fingerprint density at radius 1 is 1.05 bits per heavy atom. The zero-order valence-electron chi connectivity index (χ0n) is 12.0. The molecule has 0 spiro atoms. The Kier molecular flexibility index (Phi) is 5.79. The summed E-state index contributed by atoms with van der Waals surface area (Å²) >= 11 is 1.77. The lowest BCUT2D eigenvalue weighted by atomic mass is 10.3. The number of nitrogens with two attached hydrogens (primary N) is 3.